The van der Waals surface area contributed by atoms with Crippen LogP contribution in [0.3, 0.4) is 0 Å². The van der Waals surface area contributed by atoms with E-state index in [1.807, 2.05) is 4.90 Å². The van der Waals surface area contributed by atoms with E-state index in [-0.39, 0.29) is 17.3 Å². The Hall–Kier alpha value is -2.29. The summed E-state index contributed by atoms with van der Waals surface area (Å²) in [5.74, 6) is -0.283. The number of aliphatic hydroxyl groups excluding tert-OH is 1. The number of nitrogens with two attached hydrogens (primary N) is 1. The maximum Gasteiger partial charge on any atom is 0.227 e. The fourth-order valence-electron chi connectivity index (χ4n) is 5.29. The Kier molecular flexibility index (Phi) is 4.64. The van der Waals surface area contributed by atoms with E-state index in [1.54, 1.807) is 0 Å². The van der Waals surface area contributed by atoms with E-state index in [1.165, 1.54) is 11.1 Å². The summed E-state index contributed by atoms with van der Waals surface area (Å²) in [6.07, 6.45) is 2.22. The summed E-state index contributed by atoms with van der Waals surface area (Å²) in [4.78, 5) is 12.6. The lowest BCUT2D eigenvalue weighted by Gasteiger charge is -2.44. The molecule has 2 aliphatic heterocycles. The first-order valence-electron chi connectivity index (χ1n) is 10.2. The third-order valence-corrected chi connectivity index (χ3v) is 6.82. The highest BCUT2D eigenvalue weighted by molar-refractivity contribution is 5.47. The molecule has 29 heavy (non-hydrogen) atoms. The molecule has 2 atom stereocenters. The maximum atomic E-state index is 13.4. The highest BCUT2D eigenvalue weighted by Gasteiger charge is 2.54. The molecule has 0 saturated carbocycles. The van der Waals surface area contributed by atoms with Gasteiger partial charge in [0.05, 0.1) is 31.6 Å². The quantitative estimate of drug-likeness (QED) is 0.791. The summed E-state index contributed by atoms with van der Waals surface area (Å²) in [5, 5.41) is 11.6. The van der Waals surface area contributed by atoms with Crippen LogP contribution >= 0.6 is 0 Å². The number of nitrogen functional groups attached to an aromatic ring is 1. The average molecular weight is 399 g/mol. The smallest absolute Gasteiger partial charge is 0.227 e. The molecule has 3 heterocycles. The minimum Gasteiger partial charge on any atom is -0.390 e. The number of fused-ring (bicyclic) bond motifs is 2. The molecule has 7 nitrogen and oxygen atoms in total. The van der Waals surface area contributed by atoms with E-state index >= 15 is 0 Å². The maximum absolute atomic E-state index is 13.4. The second-order valence-electron chi connectivity index (χ2n) is 8.17. The molecule has 3 N–H and O–H groups in total. The second-order valence-corrected chi connectivity index (χ2v) is 8.17. The summed E-state index contributed by atoms with van der Waals surface area (Å²) >= 11 is 0. The van der Waals surface area contributed by atoms with Gasteiger partial charge >= 0.3 is 0 Å². The topological polar surface area (TPSA) is 87.7 Å². The largest absolute Gasteiger partial charge is 0.390 e. The summed E-state index contributed by atoms with van der Waals surface area (Å²) in [5.41, 5.74) is 7.82. The van der Waals surface area contributed by atoms with Crippen LogP contribution in [-0.4, -0.2) is 65.5 Å². The Labute approximate surface area is 169 Å². The molecule has 3 aliphatic rings. The molecule has 2 fully saturated rings. The van der Waals surface area contributed by atoms with Crippen molar-refractivity contribution >= 4 is 11.8 Å². The fourth-order valence-corrected chi connectivity index (χ4v) is 5.29. The third kappa shape index (κ3) is 2.97. The molecule has 0 radical (unpaired) electrons. The van der Waals surface area contributed by atoms with Gasteiger partial charge in [0.15, 0.2) is 11.6 Å². The minimum absolute atomic E-state index is 0.000587. The average Bonchev–Trinajstić information content (AvgIpc) is 2.99. The van der Waals surface area contributed by atoms with E-state index in [2.05, 4.69) is 39.1 Å². The van der Waals surface area contributed by atoms with Crippen molar-refractivity contribution in [1.29, 1.82) is 0 Å². The van der Waals surface area contributed by atoms with Gasteiger partial charge in [-0.3, -0.25) is 4.90 Å². The Bertz CT molecular complexity index is 896. The van der Waals surface area contributed by atoms with E-state index in [0.29, 0.717) is 32.3 Å². The number of piperidine rings is 1. The molecular formula is C21H26FN5O2. The zero-order chi connectivity index (χ0) is 20.0. The van der Waals surface area contributed by atoms with Gasteiger partial charge in [-0.2, -0.15) is 4.98 Å². The number of hydrogen-bond donors (Lipinski definition) is 2. The van der Waals surface area contributed by atoms with Crippen molar-refractivity contribution in [2.45, 2.75) is 30.4 Å². The van der Waals surface area contributed by atoms with Crippen LogP contribution in [0.5, 0.6) is 0 Å². The van der Waals surface area contributed by atoms with Gasteiger partial charge in [0, 0.05) is 31.6 Å². The van der Waals surface area contributed by atoms with Crippen molar-refractivity contribution in [3.8, 4) is 0 Å². The zero-order valence-electron chi connectivity index (χ0n) is 16.3. The molecule has 1 spiro atoms. The second kappa shape index (κ2) is 7.19. The fraction of sp³-hybridized carbons (Fsp3) is 0.524. The third-order valence-electron chi connectivity index (χ3n) is 6.82. The minimum atomic E-state index is -0.601. The summed E-state index contributed by atoms with van der Waals surface area (Å²) in [7, 11) is 0. The van der Waals surface area contributed by atoms with Crippen molar-refractivity contribution in [2.24, 2.45) is 0 Å². The van der Waals surface area contributed by atoms with E-state index in [4.69, 9.17) is 10.5 Å². The predicted octanol–water partition coefficient (Wildman–Crippen LogP) is 1.48. The van der Waals surface area contributed by atoms with Gasteiger partial charge in [0.2, 0.25) is 5.95 Å². The van der Waals surface area contributed by atoms with E-state index in [0.717, 1.165) is 32.1 Å². The van der Waals surface area contributed by atoms with Crippen LogP contribution in [0.2, 0.25) is 0 Å². The molecule has 0 unspecified atom stereocenters. The lowest BCUT2D eigenvalue weighted by Crippen LogP contribution is -2.51. The Balaban J connectivity index is 1.42. The number of hydrogen-bond acceptors (Lipinski definition) is 7. The molecule has 1 aromatic heterocycles. The zero-order valence-corrected chi connectivity index (χ0v) is 16.3. The van der Waals surface area contributed by atoms with Gasteiger partial charge in [-0.25, -0.2) is 9.37 Å². The van der Waals surface area contributed by atoms with Crippen molar-refractivity contribution < 1.29 is 14.2 Å². The molecule has 2 saturated heterocycles. The normalized spacial score (nSPS) is 26.6. The Morgan fingerprint density at radius 1 is 1.14 bits per heavy atom. The lowest BCUT2D eigenvalue weighted by atomic mass is 9.72. The van der Waals surface area contributed by atoms with Crippen LogP contribution < -0.4 is 10.6 Å². The van der Waals surface area contributed by atoms with Crippen molar-refractivity contribution in [3.63, 3.8) is 0 Å². The van der Waals surface area contributed by atoms with Crippen LogP contribution in [-0.2, 0) is 10.2 Å². The number of aliphatic hydroxyl groups is 1. The van der Waals surface area contributed by atoms with Crippen LogP contribution in [0.15, 0.2) is 30.5 Å². The molecule has 8 heteroatoms. The standard InChI is InChI=1S/C21H26FN5O2/c22-16-13-24-20(25-19(16)23)27-7-5-21(6-8-27)15-4-2-1-3-14(15)17(18(21)28)26-9-11-29-12-10-26/h1-4,13,17-18,28H,5-12H2,(H2,23,24,25)/t17-,18+/m1/s1. The highest BCUT2D eigenvalue weighted by Crippen LogP contribution is 2.53. The first-order chi connectivity index (χ1) is 14.1. The molecule has 5 rings (SSSR count). The van der Waals surface area contributed by atoms with Gasteiger partial charge in [0.1, 0.15) is 0 Å². The Morgan fingerprint density at radius 2 is 1.86 bits per heavy atom. The number of ether oxygens (including phenoxy) is 1. The molecule has 0 bridgehead atoms. The summed E-state index contributed by atoms with van der Waals surface area (Å²) < 4.78 is 18.9. The van der Waals surface area contributed by atoms with E-state index < -0.39 is 11.9 Å². The lowest BCUT2D eigenvalue weighted by molar-refractivity contribution is -0.0418. The monoisotopic (exact) mass is 399 g/mol. The number of rotatable bonds is 2. The number of anilines is 2. The highest BCUT2D eigenvalue weighted by atomic mass is 19.1. The number of benzene rings is 1. The van der Waals surface area contributed by atoms with Gasteiger partial charge in [-0.05, 0) is 24.0 Å². The summed E-state index contributed by atoms with van der Waals surface area (Å²) in [6, 6.07) is 8.44. The number of halogens is 1. The molecular weight excluding hydrogens is 373 g/mol. The first kappa shape index (κ1) is 18.7. The van der Waals surface area contributed by atoms with Gasteiger partial charge in [-0.15, -0.1) is 0 Å². The van der Waals surface area contributed by atoms with Gasteiger partial charge < -0.3 is 20.5 Å². The molecule has 1 aromatic carbocycles. The van der Waals surface area contributed by atoms with Crippen LogP contribution in [0.4, 0.5) is 16.2 Å². The molecule has 154 valence electrons. The van der Waals surface area contributed by atoms with Crippen molar-refractivity contribution in [1.82, 2.24) is 14.9 Å². The number of aromatic nitrogens is 2. The summed E-state index contributed by atoms with van der Waals surface area (Å²) in [6.45, 7) is 4.45. The van der Waals surface area contributed by atoms with Crippen LogP contribution in [0.25, 0.3) is 0 Å². The van der Waals surface area contributed by atoms with Crippen molar-refractivity contribution in [2.75, 3.05) is 50.0 Å². The van der Waals surface area contributed by atoms with Gasteiger partial charge in [0.25, 0.3) is 0 Å². The molecule has 2 aromatic rings. The number of morpholine rings is 1. The molecule has 0 amide bonds. The molecule has 1 aliphatic carbocycles. The van der Waals surface area contributed by atoms with E-state index in [9.17, 15) is 9.50 Å². The van der Waals surface area contributed by atoms with Gasteiger partial charge in [-0.1, -0.05) is 24.3 Å². The first-order valence-corrected chi connectivity index (χ1v) is 10.2. The Morgan fingerprint density at radius 3 is 2.59 bits per heavy atom. The van der Waals surface area contributed by atoms with Crippen LogP contribution in [0.1, 0.15) is 30.0 Å². The predicted molar refractivity (Wildman–Crippen MR) is 107 cm³/mol. The SMILES string of the molecule is Nc1nc(N2CCC3(CC2)c2ccccc2[C@@H](N2CCOCC2)[C@@H]3O)ncc1F. The van der Waals surface area contributed by atoms with Crippen LogP contribution in [0, 0.1) is 5.82 Å². The van der Waals surface area contributed by atoms with Crippen molar-refractivity contribution in [3.05, 3.63) is 47.4 Å². The number of nitrogens with zero attached hydrogens (tertiary/aromatic N) is 4.